The van der Waals surface area contributed by atoms with E-state index in [9.17, 15) is 4.79 Å². The highest BCUT2D eigenvalue weighted by molar-refractivity contribution is 5.91. The highest BCUT2D eigenvalue weighted by atomic mass is 16.5. The average Bonchev–Trinajstić information content (AvgIpc) is 2.63. The summed E-state index contributed by atoms with van der Waals surface area (Å²) < 4.78 is 4.87. The number of aryl methyl sites for hydroxylation is 1. The van der Waals surface area contributed by atoms with E-state index in [1.54, 1.807) is 13.0 Å². The van der Waals surface area contributed by atoms with Gasteiger partial charge in [0.25, 0.3) is 0 Å². The fraction of sp³-hybridized carbons (Fsp3) is 0.636. The van der Waals surface area contributed by atoms with E-state index in [1.807, 2.05) is 0 Å². The van der Waals surface area contributed by atoms with Gasteiger partial charge in [-0.1, -0.05) is 5.16 Å². The SMILES string of the molecule is Cc1cc(NC(=O)CN2CCC[C@H](N)C2)no1. The van der Waals surface area contributed by atoms with Gasteiger partial charge in [0.05, 0.1) is 6.54 Å². The normalized spacial score (nSPS) is 21.4. The molecular formula is C11H18N4O2. The lowest BCUT2D eigenvalue weighted by Gasteiger charge is -2.29. The van der Waals surface area contributed by atoms with Crippen molar-refractivity contribution in [3.63, 3.8) is 0 Å². The van der Waals surface area contributed by atoms with Crippen LogP contribution in [0.1, 0.15) is 18.6 Å². The van der Waals surface area contributed by atoms with Gasteiger partial charge in [0.1, 0.15) is 5.76 Å². The number of carbonyl (C=O) groups excluding carboxylic acids is 1. The number of anilines is 1. The first-order valence-electron chi connectivity index (χ1n) is 5.84. The van der Waals surface area contributed by atoms with Gasteiger partial charge in [0.2, 0.25) is 5.91 Å². The number of amides is 1. The Hall–Kier alpha value is -1.40. The fourth-order valence-corrected chi connectivity index (χ4v) is 2.05. The standard InChI is InChI=1S/C11H18N4O2/c1-8-5-10(14-17-8)13-11(16)7-15-4-2-3-9(12)6-15/h5,9H,2-4,6-7,12H2,1H3,(H,13,14,16)/t9-/m0/s1. The van der Waals surface area contributed by atoms with Crippen LogP contribution < -0.4 is 11.1 Å². The first kappa shape index (κ1) is 12.1. The van der Waals surface area contributed by atoms with E-state index in [-0.39, 0.29) is 11.9 Å². The summed E-state index contributed by atoms with van der Waals surface area (Å²) in [6.07, 6.45) is 2.10. The highest BCUT2D eigenvalue weighted by Crippen LogP contribution is 2.09. The molecule has 0 unspecified atom stereocenters. The van der Waals surface area contributed by atoms with Gasteiger partial charge in [0, 0.05) is 18.7 Å². The van der Waals surface area contributed by atoms with Gasteiger partial charge in [0.15, 0.2) is 5.82 Å². The molecule has 1 aliphatic heterocycles. The predicted octanol–water partition coefficient (Wildman–Crippen LogP) is 0.345. The number of nitrogens with two attached hydrogens (primary N) is 1. The number of hydrogen-bond donors (Lipinski definition) is 2. The Balaban J connectivity index is 1.80. The summed E-state index contributed by atoms with van der Waals surface area (Å²) in [4.78, 5) is 13.8. The molecule has 6 heteroatoms. The maximum absolute atomic E-state index is 11.7. The maximum Gasteiger partial charge on any atom is 0.239 e. The molecule has 6 nitrogen and oxygen atoms in total. The molecule has 1 aromatic heterocycles. The molecule has 0 saturated carbocycles. The van der Waals surface area contributed by atoms with E-state index in [1.165, 1.54) is 0 Å². The fourth-order valence-electron chi connectivity index (χ4n) is 2.05. The lowest BCUT2D eigenvalue weighted by molar-refractivity contribution is -0.117. The van der Waals surface area contributed by atoms with E-state index in [2.05, 4.69) is 15.4 Å². The van der Waals surface area contributed by atoms with Crippen LogP contribution in [-0.4, -0.2) is 41.6 Å². The Kier molecular flexibility index (Phi) is 3.75. The third-order valence-corrected chi connectivity index (χ3v) is 2.80. The van der Waals surface area contributed by atoms with Crippen molar-refractivity contribution in [2.75, 3.05) is 25.0 Å². The van der Waals surface area contributed by atoms with Crippen molar-refractivity contribution in [3.05, 3.63) is 11.8 Å². The minimum atomic E-state index is -0.0765. The van der Waals surface area contributed by atoms with E-state index in [0.717, 1.165) is 25.9 Å². The summed E-state index contributed by atoms with van der Waals surface area (Å²) in [5, 5.41) is 6.41. The molecule has 1 amide bonds. The van der Waals surface area contributed by atoms with Crippen molar-refractivity contribution in [2.24, 2.45) is 5.73 Å². The molecule has 1 aliphatic rings. The second kappa shape index (κ2) is 5.29. The Morgan fingerprint density at radius 1 is 1.76 bits per heavy atom. The summed E-state index contributed by atoms with van der Waals surface area (Å²) in [6, 6.07) is 1.88. The minimum absolute atomic E-state index is 0.0765. The molecule has 2 heterocycles. The van der Waals surface area contributed by atoms with Gasteiger partial charge < -0.3 is 15.6 Å². The summed E-state index contributed by atoms with van der Waals surface area (Å²) in [5.41, 5.74) is 5.86. The van der Waals surface area contributed by atoms with Crippen LogP contribution in [0, 0.1) is 6.92 Å². The smallest absolute Gasteiger partial charge is 0.239 e. The van der Waals surface area contributed by atoms with Crippen LogP contribution in [0.4, 0.5) is 5.82 Å². The van der Waals surface area contributed by atoms with E-state index >= 15 is 0 Å². The largest absolute Gasteiger partial charge is 0.360 e. The molecule has 0 aliphatic carbocycles. The van der Waals surface area contributed by atoms with Crippen LogP contribution in [0.5, 0.6) is 0 Å². The van der Waals surface area contributed by atoms with Crippen molar-refractivity contribution in [1.29, 1.82) is 0 Å². The second-order valence-electron chi connectivity index (χ2n) is 4.51. The zero-order valence-electron chi connectivity index (χ0n) is 9.98. The van der Waals surface area contributed by atoms with Crippen LogP contribution >= 0.6 is 0 Å². The summed E-state index contributed by atoms with van der Waals surface area (Å²) in [7, 11) is 0. The summed E-state index contributed by atoms with van der Waals surface area (Å²) in [6.45, 7) is 3.86. The molecule has 2 rings (SSSR count). The first-order valence-corrected chi connectivity index (χ1v) is 5.84. The number of carbonyl (C=O) groups is 1. The van der Waals surface area contributed by atoms with Crippen LogP contribution in [0.25, 0.3) is 0 Å². The molecule has 0 aromatic carbocycles. The van der Waals surface area contributed by atoms with Gasteiger partial charge in [-0.3, -0.25) is 9.69 Å². The number of nitrogens with zero attached hydrogens (tertiary/aromatic N) is 2. The summed E-state index contributed by atoms with van der Waals surface area (Å²) >= 11 is 0. The average molecular weight is 238 g/mol. The topological polar surface area (TPSA) is 84.4 Å². The number of likely N-dealkylation sites (tertiary alicyclic amines) is 1. The first-order chi connectivity index (χ1) is 8.13. The Morgan fingerprint density at radius 2 is 2.59 bits per heavy atom. The molecule has 94 valence electrons. The number of nitrogens with one attached hydrogen (secondary N) is 1. The van der Waals surface area contributed by atoms with Crippen LogP contribution in [0.3, 0.4) is 0 Å². The predicted molar refractivity (Wildman–Crippen MR) is 63.5 cm³/mol. The molecule has 1 atom stereocenters. The van der Waals surface area contributed by atoms with Crippen LogP contribution in [0.2, 0.25) is 0 Å². The molecule has 17 heavy (non-hydrogen) atoms. The van der Waals surface area contributed by atoms with Gasteiger partial charge >= 0.3 is 0 Å². The van der Waals surface area contributed by atoms with E-state index in [4.69, 9.17) is 10.3 Å². The number of piperidine rings is 1. The number of hydrogen-bond acceptors (Lipinski definition) is 5. The Labute approximate surface area is 100 Å². The maximum atomic E-state index is 11.7. The molecule has 1 aromatic rings. The third kappa shape index (κ3) is 3.54. The van der Waals surface area contributed by atoms with Crippen molar-refractivity contribution in [1.82, 2.24) is 10.1 Å². The molecular weight excluding hydrogens is 220 g/mol. The van der Waals surface area contributed by atoms with Crippen LogP contribution in [0.15, 0.2) is 10.6 Å². The zero-order valence-corrected chi connectivity index (χ0v) is 9.98. The van der Waals surface area contributed by atoms with Gasteiger partial charge in [-0.25, -0.2) is 0 Å². The lowest BCUT2D eigenvalue weighted by atomic mass is 10.1. The quantitative estimate of drug-likeness (QED) is 0.793. The van der Waals surface area contributed by atoms with Crippen LogP contribution in [-0.2, 0) is 4.79 Å². The minimum Gasteiger partial charge on any atom is -0.360 e. The van der Waals surface area contributed by atoms with Crippen molar-refractivity contribution in [2.45, 2.75) is 25.8 Å². The van der Waals surface area contributed by atoms with Gasteiger partial charge in [-0.15, -0.1) is 0 Å². The molecule has 1 saturated heterocycles. The van der Waals surface area contributed by atoms with E-state index < -0.39 is 0 Å². The Morgan fingerprint density at radius 3 is 3.24 bits per heavy atom. The zero-order chi connectivity index (χ0) is 12.3. The number of rotatable bonds is 3. The monoisotopic (exact) mass is 238 g/mol. The summed E-state index contributed by atoms with van der Waals surface area (Å²) in [5.74, 6) is 1.07. The molecule has 0 bridgehead atoms. The van der Waals surface area contributed by atoms with Crippen molar-refractivity contribution < 1.29 is 9.32 Å². The molecule has 0 radical (unpaired) electrons. The molecule has 1 fully saturated rings. The highest BCUT2D eigenvalue weighted by Gasteiger charge is 2.19. The van der Waals surface area contributed by atoms with Crippen molar-refractivity contribution in [3.8, 4) is 0 Å². The van der Waals surface area contributed by atoms with E-state index in [0.29, 0.717) is 18.1 Å². The molecule has 0 spiro atoms. The van der Waals surface area contributed by atoms with Crippen molar-refractivity contribution >= 4 is 11.7 Å². The van der Waals surface area contributed by atoms with Gasteiger partial charge in [-0.2, -0.15) is 0 Å². The lowest BCUT2D eigenvalue weighted by Crippen LogP contribution is -2.45. The number of aromatic nitrogens is 1. The Bertz CT molecular complexity index is 391. The molecule has 3 N–H and O–H groups in total. The second-order valence-corrected chi connectivity index (χ2v) is 4.51. The van der Waals surface area contributed by atoms with Gasteiger partial charge in [-0.05, 0) is 26.3 Å². The third-order valence-electron chi connectivity index (χ3n) is 2.80.